The van der Waals surface area contributed by atoms with Gasteiger partial charge in [-0.2, -0.15) is 0 Å². The van der Waals surface area contributed by atoms with Gasteiger partial charge in [0.15, 0.2) is 0 Å². The molecule has 0 spiro atoms. The van der Waals surface area contributed by atoms with Crippen molar-refractivity contribution in [1.29, 1.82) is 0 Å². The Morgan fingerprint density at radius 1 is 1.38 bits per heavy atom. The zero-order chi connectivity index (χ0) is 12.0. The summed E-state index contributed by atoms with van der Waals surface area (Å²) in [6.07, 6.45) is 6.71. The Balaban J connectivity index is 2.09. The van der Waals surface area contributed by atoms with Crippen molar-refractivity contribution >= 4 is 17.5 Å². The molecule has 2 nitrogen and oxygen atoms in total. The lowest BCUT2D eigenvalue weighted by Crippen LogP contribution is -2.31. The number of nitrogens with one attached hydrogen (secondary N) is 1. The van der Waals surface area contributed by atoms with Gasteiger partial charge in [0.1, 0.15) is 0 Å². The fourth-order valence-corrected chi connectivity index (χ4v) is 2.80. The third kappa shape index (κ3) is 5.74. The number of alkyl halides is 1. The Bertz CT molecular complexity index is 212. The van der Waals surface area contributed by atoms with Crippen LogP contribution in [0.5, 0.6) is 0 Å². The first-order chi connectivity index (χ1) is 7.58. The van der Waals surface area contributed by atoms with Crippen molar-refractivity contribution in [2.45, 2.75) is 57.7 Å². The van der Waals surface area contributed by atoms with E-state index in [-0.39, 0.29) is 11.3 Å². The average molecular weight is 246 g/mol. The molecule has 0 aromatic rings. The molecule has 0 aromatic heterocycles. The summed E-state index contributed by atoms with van der Waals surface area (Å²) in [6, 6.07) is 0. The molecule has 0 saturated heterocycles. The van der Waals surface area contributed by atoms with E-state index in [0.717, 1.165) is 6.42 Å². The Morgan fingerprint density at radius 2 is 2.00 bits per heavy atom. The van der Waals surface area contributed by atoms with E-state index in [2.05, 4.69) is 19.2 Å². The van der Waals surface area contributed by atoms with Crippen LogP contribution >= 0.6 is 11.6 Å². The molecule has 0 aromatic carbocycles. The van der Waals surface area contributed by atoms with Crippen molar-refractivity contribution in [2.24, 2.45) is 11.8 Å². The molecule has 0 bridgehead atoms. The zero-order valence-corrected chi connectivity index (χ0v) is 11.2. The summed E-state index contributed by atoms with van der Waals surface area (Å²) in [5, 5.41) is 3.02. The minimum atomic E-state index is 0.0764. The van der Waals surface area contributed by atoms with E-state index >= 15 is 0 Å². The van der Waals surface area contributed by atoms with Crippen molar-refractivity contribution in [3.63, 3.8) is 0 Å². The topological polar surface area (TPSA) is 29.1 Å². The van der Waals surface area contributed by atoms with Crippen molar-refractivity contribution in [3.05, 3.63) is 0 Å². The third-order valence-corrected chi connectivity index (χ3v) is 3.53. The van der Waals surface area contributed by atoms with Crippen LogP contribution in [0.25, 0.3) is 0 Å². The molecule has 1 unspecified atom stereocenters. The monoisotopic (exact) mass is 245 g/mol. The second-order valence-electron chi connectivity index (χ2n) is 5.39. The lowest BCUT2D eigenvalue weighted by molar-refractivity contribution is -0.121. The van der Waals surface area contributed by atoms with Crippen molar-refractivity contribution in [1.82, 2.24) is 5.32 Å². The number of hydrogen-bond acceptors (Lipinski definition) is 1. The first kappa shape index (κ1) is 13.8. The molecule has 0 radical (unpaired) electrons. The van der Waals surface area contributed by atoms with Crippen molar-refractivity contribution in [2.75, 3.05) is 6.54 Å². The molecule has 0 heterocycles. The van der Waals surface area contributed by atoms with Gasteiger partial charge in [-0.3, -0.25) is 4.79 Å². The molecule has 1 aliphatic rings. The largest absolute Gasteiger partial charge is 0.355 e. The third-order valence-electron chi connectivity index (χ3n) is 3.20. The van der Waals surface area contributed by atoms with E-state index < -0.39 is 0 Å². The summed E-state index contributed by atoms with van der Waals surface area (Å²) in [5.41, 5.74) is 0. The second kappa shape index (κ2) is 7.16. The second-order valence-corrected chi connectivity index (χ2v) is 6.00. The van der Waals surface area contributed by atoms with Gasteiger partial charge in [-0.05, 0) is 31.1 Å². The molecule has 1 aliphatic carbocycles. The molecule has 1 atom stereocenters. The maximum absolute atomic E-state index is 11.6. The number of rotatable bonds is 6. The summed E-state index contributed by atoms with van der Waals surface area (Å²) in [7, 11) is 0. The van der Waals surface area contributed by atoms with Crippen LogP contribution in [0.1, 0.15) is 52.4 Å². The van der Waals surface area contributed by atoms with E-state index in [1.807, 2.05) is 0 Å². The van der Waals surface area contributed by atoms with Gasteiger partial charge in [0, 0.05) is 13.0 Å². The summed E-state index contributed by atoms with van der Waals surface area (Å²) in [4.78, 5) is 11.6. The number of halogens is 1. The molecule has 16 heavy (non-hydrogen) atoms. The highest BCUT2D eigenvalue weighted by Gasteiger charge is 2.18. The summed E-state index contributed by atoms with van der Waals surface area (Å²) in [5.74, 6) is 1.40. The molecule has 3 heteroatoms. The number of hydrogen-bond donors (Lipinski definition) is 1. The van der Waals surface area contributed by atoms with Crippen LogP contribution in [-0.2, 0) is 4.79 Å². The van der Waals surface area contributed by atoms with Gasteiger partial charge in [-0.25, -0.2) is 0 Å². The molecule has 1 rings (SSSR count). The van der Waals surface area contributed by atoms with Crippen LogP contribution in [0.4, 0.5) is 0 Å². The molecule has 1 N–H and O–H groups in total. The van der Waals surface area contributed by atoms with Crippen LogP contribution in [0.2, 0.25) is 0 Å². The van der Waals surface area contributed by atoms with Crippen LogP contribution < -0.4 is 5.32 Å². The predicted molar refractivity (Wildman–Crippen MR) is 68.7 cm³/mol. The van der Waals surface area contributed by atoms with Crippen LogP contribution in [0.3, 0.4) is 0 Å². The lowest BCUT2D eigenvalue weighted by atomic mass is 10.0. The highest BCUT2D eigenvalue weighted by Crippen LogP contribution is 2.27. The number of amides is 1. The van der Waals surface area contributed by atoms with Gasteiger partial charge in [-0.1, -0.05) is 26.7 Å². The SMILES string of the molecule is CC(C)CC(Cl)CNC(=O)CC1CCCC1. The van der Waals surface area contributed by atoms with E-state index in [4.69, 9.17) is 11.6 Å². The first-order valence-electron chi connectivity index (χ1n) is 6.48. The highest BCUT2D eigenvalue weighted by molar-refractivity contribution is 6.20. The van der Waals surface area contributed by atoms with Crippen molar-refractivity contribution < 1.29 is 4.79 Å². The standard InChI is InChI=1S/C13H24ClNO/c1-10(2)7-12(14)9-15-13(16)8-11-5-3-4-6-11/h10-12H,3-9H2,1-2H3,(H,15,16). The Labute approximate surface area is 104 Å². The van der Waals surface area contributed by atoms with Gasteiger partial charge < -0.3 is 5.32 Å². The highest BCUT2D eigenvalue weighted by atomic mass is 35.5. The van der Waals surface area contributed by atoms with Gasteiger partial charge in [0.25, 0.3) is 0 Å². The van der Waals surface area contributed by atoms with E-state index in [9.17, 15) is 4.79 Å². The number of carbonyl (C=O) groups excluding carboxylic acids is 1. The summed E-state index contributed by atoms with van der Waals surface area (Å²) < 4.78 is 0. The van der Waals surface area contributed by atoms with Crippen LogP contribution in [0.15, 0.2) is 0 Å². The maximum Gasteiger partial charge on any atom is 0.220 e. The minimum absolute atomic E-state index is 0.0764. The fourth-order valence-electron chi connectivity index (χ4n) is 2.37. The molecular weight excluding hydrogens is 222 g/mol. The van der Waals surface area contributed by atoms with Gasteiger partial charge in [-0.15, -0.1) is 11.6 Å². The Hall–Kier alpha value is -0.240. The van der Waals surface area contributed by atoms with E-state index in [1.165, 1.54) is 25.7 Å². The van der Waals surface area contributed by atoms with Crippen molar-refractivity contribution in [3.8, 4) is 0 Å². The summed E-state index contributed by atoms with van der Waals surface area (Å²) >= 11 is 6.12. The van der Waals surface area contributed by atoms with Crippen LogP contribution in [0, 0.1) is 11.8 Å². The maximum atomic E-state index is 11.6. The molecular formula is C13H24ClNO. The molecule has 0 aliphatic heterocycles. The molecule has 1 saturated carbocycles. The first-order valence-corrected chi connectivity index (χ1v) is 6.92. The minimum Gasteiger partial charge on any atom is -0.355 e. The quantitative estimate of drug-likeness (QED) is 0.715. The van der Waals surface area contributed by atoms with Crippen LogP contribution in [-0.4, -0.2) is 17.8 Å². The molecule has 1 fully saturated rings. The number of carbonyl (C=O) groups is 1. The Morgan fingerprint density at radius 3 is 2.56 bits per heavy atom. The Kier molecular flexibility index (Phi) is 6.18. The molecule has 94 valence electrons. The predicted octanol–water partition coefficient (Wildman–Crippen LogP) is 3.34. The smallest absolute Gasteiger partial charge is 0.220 e. The van der Waals surface area contributed by atoms with Gasteiger partial charge in [0.2, 0.25) is 5.91 Å². The lowest BCUT2D eigenvalue weighted by Gasteiger charge is -2.14. The fraction of sp³-hybridized carbons (Fsp3) is 0.923. The molecule has 1 amide bonds. The van der Waals surface area contributed by atoms with E-state index in [0.29, 0.717) is 24.8 Å². The summed E-state index contributed by atoms with van der Waals surface area (Å²) in [6.45, 7) is 4.91. The van der Waals surface area contributed by atoms with Gasteiger partial charge >= 0.3 is 0 Å². The average Bonchev–Trinajstić information content (AvgIpc) is 2.66. The zero-order valence-electron chi connectivity index (χ0n) is 10.5. The normalized spacial score (nSPS) is 19.0. The van der Waals surface area contributed by atoms with E-state index in [1.54, 1.807) is 0 Å². The van der Waals surface area contributed by atoms with Gasteiger partial charge in [0.05, 0.1) is 5.38 Å².